The molecule has 7 heteroatoms. The van der Waals surface area contributed by atoms with Crippen LogP contribution < -0.4 is 0 Å². The van der Waals surface area contributed by atoms with Crippen molar-refractivity contribution in [1.82, 2.24) is 9.80 Å². The van der Waals surface area contributed by atoms with Crippen LogP contribution in [0.25, 0.3) is 0 Å². The quantitative estimate of drug-likeness (QED) is 0.858. The van der Waals surface area contributed by atoms with Crippen molar-refractivity contribution in [3.8, 4) is 6.07 Å². The van der Waals surface area contributed by atoms with Crippen molar-refractivity contribution < 1.29 is 18.0 Å². The van der Waals surface area contributed by atoms with E-state index in [1.54, 1.807) is 17.9 Å². The molecular weight excluding hydrogens is 307 g/mol. The number of amides is 1. The Bertz CT molecular complexity index is 614. The third-order valence-electron chi connectivity index (χ3n) is 3.92. The number of aryl methyl sites for hydroxylation is 1. The number of rotatable bonds is 3. The number of halogens is 3. The van der Waals surface area contributed by atoms with E-state index in [0.29, 0.717) is 31.7 Å². The van der Waals surface area contributed by atoms with Crippen LogP contribution in [0.4, 0.5) is 13.2 Å². The molecule has 0 N–H and O–H groups in total. The van der Waals surface area contributed by atoms with Crippen LogP contribution in [-0.4, -0.2) is 41.9 Å². The summed E-state index contributed by atoms with van der Waals surface area (Å²) >= 11 is 0. The lowest BCUT2D eigenvalue weighted by Crippen LogP contribution is -2.48. The van der Waals surface area contributed by atoms with E-state index in [1.807, 2.05) is 11.0 Å². The number of alkyl halides is 3. The zero-order valence-electron chi connectivity index (χ0n) is 12.9. The molecule has 0 atom stereocenters. The van der Waals surface area contributed by atoms with Gasteiger partial charge in [-0.1, -0.05) is 17.7 Å². The molecule has 0 bridgehead atoms. The minimum atomic E-state index is -4.37. The second kappa shape index (κ2) is 7.01. The maximum atomic E-state index is 13.1. The second-order valence-corrected chi connectivity index (χ2v) is 5.65. The lowest BCUT2D eigenvalue weighted by molar-refractivity contribution is -0.138. The Balaban J connectivity index is 2.02. The van der Waals surface area contributed by atoms with E-state index >= 15 is 0 Å². The minimum Gasteiger partial charge on any atom is -0.339 e. The molecule has 0 aliphatic carbocycles. The summed E-state index contributed by atoms with van der Waals surface area (Å²) in [4.78, 5) is 15.1. The summed E-state index contributed by atoms with van der Waals surface area (Å²) in [6, 6.07) is 6.18. The molecule has 1 aromatic rings. The van der Waals surface area contributed by atoms with Crippen molar-refractivity contribution in [2.75, 3.05) is 26.2 Å². The van der Waals surface area contributed by atoms with Gasteiger partial charge < -0.3 is 4.90 Å². The summed E-state index contributed by atoms with van der Waals surface area (Å²) in [5.41, 5.74) is 0.230. The van der Waals surface area contributed by atoms with E-state index in [0.717, 1.165) is 0 Å². The molecule has 1 fully saturated rings. The van der Waals surface area contributed by atoms with E-state index in [1.165, 1.54) is 12.1 Å². The standard InChI is InChI=1S/C16H18F3N3O/c1-12-2-3-13(14(10-12)16(17,18)19)11-21-6-8-22(9-7-21)15(23)4-5-20/h2-3,10H,4,6-9,11H2,1H3. The van der Waals surface area contributed by atoms with Crippen LogP contribution >= 0.6 is 0 Å². The first-order valence-corrected chi connectivity index (χ1v) is 7.35. The number of carbonyl (C=O) groups excluding carboxylic acids is 1. The average molecular weight is 325 g/mol. The van der Waals surface area contributed by atoms with Gasteiger partial charge >= 0.3 is 6.18 Å². The van der Waals surface area contributed by atoms with Gasteiger partial charge in [-0.2, -0.15) is 18.4 Å². The Morgan fingerprint density at radius 1 is 1.26 bits per heavy atom. The molecular formula is C16H18F3N3O. The lowest BCUT2D eigenvalue weighted by atomic mass is 10.0. The first-order valence-electron chi connectivity index (χ1n) is 7.35. The molecule has 1 aliphatic rings. The van der Waals surface area contributed by atoms with Crippen molar-refractivity contribution in [3.63, 3.8) is 0 Å². The van der Waals surface area contributed by atoms with E-state index in [4.69, 9.17) is 5.26 Å². The second-order valence-electron chi connectivity index (χ2n) is 5.65. The number of carbonyl (C=O) groups is 1. The van der Waals surface area contributed by atoms with Crippen molar-refractivity contribution in [2.24, 2.45) is 0 Å². The molecule has 1 saturated heterocycles. The molecule has 0 unspecified atom stereocenters. The number of benzene rings is 1. The smallest absolute Gasteiger partial charge is 0.339 e. The predicted molar refractivity (Wildman–Crippen MR) is 78.3 cm³/mol. The molecule has 0 radical (unpaired) electrons. The van der Waals surface area contributed by atoms with Gasteiger partial charge in [-0.15, -0.1) is 0 Å². The van der Waals surface area contributed by atoms with Crippen molar-refractivity contribution in [3.05, 3.63) is 34.9 Å². The summed E-state index contributed by atoms with van der Waals surface area (Å²) < 4.78 is 39.4. The molecule has 1 aliphatic heterocycles. The zero-order chi connectivity index (χ0) is 17.0. The third-order valence-corrected chi connectivity index (χ3v) is 3.92. The summed E-state index contributed by atoms with van der Waals surface area (Å²) in [6.07, 6.45) is -4.53. The summed E-state index contributed by atoms with van der Waals surface area (Å²) in [5, 5.41) is 8.53. The molecule has 23 heavy (non-hydrogen) atoms. The highest BCUT2D eigenvalue weighted by molar-refractivity contribution is 5.78. The van der Waals surface area contributed by atoms with Crippen molar-refractivity contribution in [1.29, 1.82) is 5.26 Å². The number of nitrogens with zero attached hydrogens (tertiary/aromatic N) is 3. The molecule has 0 spiro atoms. The van der Waals surface area contributed by atoms with Gasteiger partial charge in [0.2, 0.25) is 5.91 Å². The SMILES string of the molecule is Cc1ccc(CN2CCN(C(=O)CC#N)CC2)c(C(F)(F)F)c1. The van der Waals surface area contributed by atoms with E-state index in [9.17, 15) is 18.0 Å². The molecule has 124 valence electrons. The first-order chi connectivity index (χ1) is 10.8. The Kier molecular flexibility index (Phi) is 5.26. The molecule has 1 aromatic carbocycles. The number of nitriles is 1. The van der Waals surface area contributed by atoms with E-state index in [-0.39, 0.29) is 24.4 Å². The fourth-order valence-corrected chi connectivity index (χ4v) is 2.67. The van der Waals surface area contributed by atoms with Crippen LogP contribution in [0.1, 0.15) is 23.1 Å². The molecule has 0 aromatic heterocycles. The molecule has 4 nitrogen and oxygen atoms in total. The van der Waals surface area contributed by atoms with E-state index < -0.39 is 11.7 Å². The van der Waals surface area contributed by atoms with Crippen LogP contribution in [0.15, 0.2) is 18.2 Å². The van der Waals surface area contributed by atoms with Crippen LogP contribution in [-0.2, 0) is 17.5 Å². The van der Waals surface area contributed by atoms with Crippen molar-refractivity contribution >= 4 is 5.91 Å². The van der Waals surface area contributed by atoms with E-state index in [2.05, 4.69) is 0 Å². The predicted octanol–water partition coefficient (Wildman–Crippen LogP) is 2.57. The van der Waals surface area contributed by atoms with Gasteiger partial charge in [0.15, 0.2) is 0 Å². The summed E-state index contributed by atoms with van der Waals surface area (Å²) in [6.45, 7) is 3.72. The number of hydrogen-bond donors (Lipinski definition) is 0. The Morgan fingerprint density at radius 3 is 2.48 bits per heavy atom. The van der Waals surface area contributed by atoms with Crippen LogP contribution in [0.5, 0.6) is 0 Å². The largest absolute Gasteiger partial charge is 0.416 e. The number of hydrogen-bond acceptors (Lipinski definition) is 3. The van der Waals surface area contributed by atoms with Crippen LogP contribution in [0, 0.1) is 18.3 Å². The summed E-state index contributed by atoms with van der Waals surface area (Å²) in [7, 11) is 0. The van der Waals surface area contributed by atoms with Crippen LogP contribution in [0.2, 0.25) is 0 Å². The van der Waals surface area contributed by atoms with Gasteiger partial charge in [0.1, 0.15) is 6.42 Å². The van der Waals surface area contributed by atoms with Crippen molar-refractivity contribution in [2.45, 2.75) is 26.1 Å². The van der Waals surface area contributed by atoms with Gasteiger partial charge in [-0.25, -0.2) is 0 Å². The summed E-state index contributed by atoms with van der Waals surface area (Å²) in [5.74, 6) is -0.224. The van der Waals surface area contributed by atoms with Gasteiger partial charge in [0.05, 0.1) is 11.6 Å². The Morgan fingerprint density at radius 2 is 1.91 bits per heavy atom. The third kappa shape index (κ3) is 4.45. The molecule has 1 amide bonds. The van der Waals surface area contributed by atoms with Gasteiger partial charge in [0.25, 0.3) is 0 Å². The molecule has 0 saturated carbocycles. The van der Waals surface area contributed by atoms with Gasteiger partial charge in [-0.05, 0) is 18.6 Å². The zero-order valence-corrected chi connectivity index (χ0v) is 12.9. The lowest BCUT2D eigenvalue weighted by Gasteiger charge is -2.34. The monoisotopic (exact) mass is 325 g/mol. The topological polar surface area (TPSA) is 47.3 Å². The fourth-order valence-electron chi connectivity index (χ4n) is 2.67. The normalized spacial score (nSPS) is 16.2. The molecule has 2 rings (SSSR count). The Hall–Kier alpha value is -2.07. The maximum absolute atomic E-state index is 13.1. The van der Waals surface area contributed by atoms with Gasteiger partial charge in [-0.3, -0.25) is 9.69 Å². The highest BCUT2D eigenvalue weighted by atomic mass is 19.4. The highest BCUT2D eigenvalue weighted by Crippen LogP contribution is 2.33. The van der Waals surface area contributed by atoms with Crippen LogP contribution in [0.3, 0.4) is 0 Å². The Labute approximate surface area is 133 Å². The minimum absolute atomic E-state index is 0.157. The highest BCUT2D eigenvalue weighted by Gasteiger charge is 2.34. The number of piperazine rings is 1. The average Bonchev–Trinajstić information content (AvgIpc) is 2.49. The molecule has 1 heterocycles. The maximum Gasteiger partial charge on any atom is 0.416 e. The van der Waals surface area contributed by atoms with Gasteiger partial charge in [0, 0.05) is 32.7 Å². The fraction of sp³-hybridized carbons (Fsp3) is 0.500. The first kappa shape index (κ1) is 17.3.